The third-order valence-electron chi connectivity index (χ3n) is 4.88. The maximum atomic E-state index is 12.9. The lowest BCUT2D eigenvalue weighted by atomic mass is 10.1. The number of rotatable bonds is 8. The number of carbonyl (C=O) groups is 1. The Morgan fingerprint density at radius 3 is 2.59 bits per heavy atom. The number of carbonyl (C=O) groups excluding carboxylic acids is 1. The van der Waals surface area contributed by atoms with Gasteiger partial charge in [0.25, 0.3) is 5.91 Å². The minimum Gasteiger partial charge on any atom is -0.383 e. The second-order valence-electron chi connectivity index (χ2n) is 7.00. The lowest BCUT2D eigenvalue weighted by Crippen LogP contribution is -2.31. The van der Waals surface area contributed by atoms with Crippen molar-refractivity contribution >= 4 is 52.0 Å². The topological polar surface area (TPSA) is 47.4 Å². The van der Waals surface area contributed by atoms with Gasteiger partial charge in [-0.25, -0.2) is 4.68 Å². The molecule has 0 unspecified atom stereocenters. The van der Waals surface area contributed by atoms with Crippen LogP contribution >= 0.6 is 35.7 Å². The standard InChI is InChI=1S/C24H23N3O2S3/c1-3-31-20-11-9-17(10-12-20)22-18(16-27(25-22)19-7-5-4-6-8-19)15-21-23(28)26(13-14-29-2)24(30)32-21/h4-12,15-16H,3,13-14H2,1-2H3. The Balaban J connectivity index is 1.73. The van der Waals surface area contributed by atoms with E-state index in [4.69, 9.17) is 22.1 Å². The molecule has 8 heteroatoms. The van der Waals surface area contributed by atoms with E-state index in [2.05, 4.69) is 31.2 Å². The first-order valence-corrected chi connectivity index (χ1v) is 12.4. The minimum atomic E-state index is -0.0924. The zero-order valence-corrected chi connectivity index (χ0v) is 20.3. The molecule has 0 N–H and O–H groups in total. The number of ether oxygens (including phenoxy) is 1. The number of hydrogen-bond donors (Lipinski definition) is 0. The minimum absolute atomic E-state index is 0.0924. The number of methoxy groups -OCH3 is 1. The van der Waals surface area contributed by atoms with E-state index in [0.29, 0.717) is 22.4 Å². The van der Waals surface area contributed by atoms with E-state index in [9.17, 15) is 4.79 Å². The van der Waals surface area contributed by atoms with Crippen LogP contribution in [0.15, 0.2) is 70.6 Å². The van der Waals surface area contributed by atoms with Gasteiger partial charge < -0.3 is 4.74 Å². The molecule has 1 amide bonds. The van der Waals surface area contributed by atoms with Gasteiger partial charge in [-0.05, 0) is 36.1 Å². The highest BCUT2D eigenvalue weighted by molar-refractivity contribution is 8.26. The van der Waals surface area contributed by atoms with Gasteiger partial charge in [-0.3, -0.25) is 9.69 Å². The van der Waals surface area contributed by atoms with Gasteiger partial charge in [-0.15, -0.1) is 11.8 Å². The maximum absolute atomic E-state index is 12.9. The Morgan fingerprint density at radius 1 is 1.16 bits per heavy atom. The maximum Gasteiger partial charge on any atom is 0.266 e. The summed E-state index contributed by atoms with van der Waals surface area (Å²) in [6.07, 6.45) is 3.85. The van der Waals surface area contributed by atoms with Crippen molar-refractivity contribution in [1.82, 2.24) is 14.7 Å². The van der Waals surface area contributed by atoms with E-state index in [0.717, 1.165) is 28.3 Å². The predicted octanol–water partition coefficient (Wildman–Crippen LogP) is 5.50. The number of amides is 1. The molecular weight excluding hydrogens is 458 g/mol. The number of thioether (sulfide) groups is 2. The molecule has 1 saturated heterocycles. The van der Waals surface area contributed by atoms with Crippen molar-refractivity contribution in [2.45, 2.75) is 11.8 Å². The first-order valence-electron chi connectivity index (χ1n) is 10.2. The molecule has 0 atom stereocenters. The highest BCUT2D eigenvalue weighted by Crippen LogP contribution is 2.35. The molecule has 5 nitrogen and oxygen atoms in total. The van der Waals surface area contributed by atoms with Gasteiger partial charge >= 0.3 is 0 Å². The molecule has 1 aliphatic heterocycles. The molecule has 0 radical (unpaired) electrons. The van der Waals surface area contributed by atoms with Crippen LogP contribution < -0.4 is 0 Å². The molecule has 4 rings (SSSR count). The third kappa shape index (κ3) is 4.99. The normalized spacial score (nSPS) is 15.2. The Hall–Kier alpha value is -2.39. The summed E-state index contributed by atoms with van der Waals surface area (Å²) >= 11 is 8.54. The van der Waals surface area contributed by atoms with Gasteiger partial charge in [0.1, 0.15) is 4.32 Å². The third-order valence-corrected chi connectivity index (χ3v) is 7.15. The van der Waals surface area contributed by atoms with Gasteiger partial charge in [0.05, 0.1) is 29.4 Å². The summed E-state index contributed by atoms with van der Waals surface area (Å²) in [7, 11) is 1.61. The molecule has 3 aromatic rings. The smallest absolute Gasteiger partial charge is 0.266 e. The van der Waals surface area contributed by atoms with Crippen LogP contribution in [0.3, 0.4) is 0 Å². The Labute approximate surface area is 201 Å². The number of nitrogens with zero attached hydrogens (tertiary/aromatic N) is 3. The Bertz CT molecular complexity index is 1140. The van der Waals surface area contributed by atoms with Crippen LogP contribution in [0.4, 0.5) is 0 Å². The molecule has 32 heavy (non-hydrogen) atoms. The van der Waals surface area contributed by atoms with Gasteiger partial charge in [0.15, 0.2) is 0 Å². The van der Waals surface area contributed by atoms with E-state index in [1.54, 1.807) is 23.8 Å². The largest absolute Gasteiger partial charge is 0.383 e. The lowest BCUT2D eigenvalue weighted by molar-refractivity contribution is -0.122. The summed E-state index contributed by atoms with van der Waals surface area (Å²) in [5.41, 5.74) is 3.65. The van der Waals surface area contributed by atoms with E-state index in [1.165, 1.54) is 16.7 Å². The molecular formula is C24H23N3O2S3. The van der Waals surface area contributed by atoms with Crippen LogP contribution in [0.1, 0.15) is 12.5 Å². The van der Waals surface area contributed by atoms with Crippen molar-refractivity contribution in [3.05, 3.63) is 71.3 Å². The molecule has 1 fully saturated rings. The molecule has 2 aromatic carbocycles. The second kappa shape index (κ2) is 10.5. The fraction of sp³-hybridized carbons (Fsp3) is 0.208. The molecule has 0 saturated carbocycles. The average Bonchev–Trinajstić information content (AvgIpc) is 3.35. The first-order chi connectivity index (χ1) is 15.6. The van der Waals surface area contributed by atoms with Crippen LogP contribution in [0.25, 0.3) is 23.0 Å². The van der Waals surface area contributed by atoms with Gasteiger partial charge in [-0.2, -0.15) is 5.10 Å². The fourth-order valence-corrected chi connectivity index (χ4v) is 5.28. The monoisotopic (exact) mass is 481 g/mol. The van der Waals surface area contributed by atoms with Gasteiger partial charge in [0, 0.05) is 29.3 Å². The highest BCUT2D eigenvalue weighted by atomic mass is 32.2. The summed E-state index contributed by atoms with van der Waals surface area (Å²) < 4.78 is 7.51. The van der Waals surface area contributed by atoms with E-state index >= 15 is 0 Å². The summed E-state index contributed by atoms with van der Waals surface area (Å²) in [5, 5.41) is 4.86. The predicted molar refractivity (Wildman–Crippen MR) is 137 cm³/mol. The highest BCUT2D eigenvalue weighted by Gasteiger charge is 2.32. The summed E-state index contributed by atoms with van der Waals surface area (Å²) in [6, 6.07) is 18.3. The van der Waals surface area contributed by atoms with Crippen LogP contribution in [0.5, 0.6) is 0 Å². The summed E-state index contributed by atoms with van der Waals surface area (Å²) in [4.78, 5) is 16.3. The van der Waals surface area contributed by atoms with E-state index < -0.39 is 0 Å². The zero-order chi connectivity index (χ0) is 22.5. The van der Waals surface area contributed by atoms with Crippen LogP contribution in [-0.2, 0) is 9.53 Å². The van der Waals surface area contributed by atoms with Gasteiger partial charge in [-0.1, -0.05) is 61.2 Å². The molecule has 2 heterocycles. The van der Waals surface area contributed by atoms with Crippen molar-refractivity contribution < 1.29 is 9.53 Å². The number of thiocarbonyl (C=S) groups is 1. The van der Waals surface area contributed by atoms with Gasteiger partial charge in [0.2, 0.25) is 0 Å². The van der Waals surface area contributed by atoms with Crippen molar-refractivity contribution in [3.8, 4) is 16.9 Å². The Morgan fingerprint density at radius 2 is 1.91 bits per heavy atom. The molecule has 1 aromatic heterocycles. The fourth-order valence-electron chi connectivity index (χ4n) is 3.32. The molecule has 1 aliphatic rings. The average molecular weight is 482 g/mol. The SMILES string of the molecule is CCSc1ccc(-c2nn(-c3ccccc3)cc2C=C2SC(=S)N(CCOC)C2=O)cc1. The Kier molecular flexibility index (Phi) is 7.47. The van der Waals surface area contributed by atoms with Crippen LogP contribution in [0.2, 0.25) is 0 Å². The number of aromatic nitrogens is 2. The van der Waals surface area contributed by atoms with Crippen LogP contribution in [0, 0.1) is 0 Å². The van der Waals surface area contributed by atoms with Crippen molar-refractivity contribution in [3.63, 3.8) is 0 Å². The zero-order valence-electron chi connectivity index (χ0n) is 17.9. The van der Waals surface area contributed by atoms with Crippen molar-refractivity contribution in [2.75, 3.05) is 26.0 Å². The molecule has 0 spiro atoms. The number of para-hydroxylation sites is 1. The first kappa shape index (κ1) is 22.8. The lowest BCUT2D eigenvalue weighted by Gasteiger charge is -2.12. The summed E-state index contributed by atoms with van der Waals surface area (Å²) in [5.74, 6) is 0.933. The molecule has 0 aliphatic carbocycles. The van der Waals surface area contributed by atoms with E-state index in [1.807, 2.05) is 47.3 Å². The van der Waals surface area contributed by atoms with Crippen molar-refractivity contribution in [2.24, 2.45) is 0 Å². The number of hydrogen-bond acceptors (Lipinski definition) is 6. The van der Waals surface area contributed by atoms with E-state index in [-0.39, 0.29) is 5.91 Å². The molecule has 0 bridgehead atoms. The number of benzene rings is 2. The molecule has 164 valence electrons. The van der Waals surface area contributed by atoms with Crippen LogP contribution in [-0.4, -0.2) is 50.9 Å². The quantitative estimate of drug-likeness (QED) is 0.241. The van der Waals surface area contributed by atoms with Crippen molar-refractivity contribution in [1.29, 1.82) is 0 Å². The second-order valence-corrected chi connectivity index (χ2v) is 10.0. The summed E-state index contributed by atoms with van der Waals surface area (Å²) in [6.45, 7) is 3.03.